The first-order valence-electron chi connectivity index (χ1n) is 5.48. The summed E-state index contributed by atoms with van der Waals surface area (Å²) in [6, 6.07) is 0.389. The number of rotatable bonds is 7. The normalized spacial score (nSPS) is 28.1. The van der Waals surface area contributed by atoms with E-state index in [1.807, 2.05) is 6.08 Å². The molecule has 0 aromatic heterocycles. The number of hydrogen-bond acceptors (Lipinski definition) is 3. The molecule has 82 valence electrons. The smallest absolute Gasteiger partial charge is 0.0580 e. The summed E-state index contributed by atoms with van der Waals surface area (Å²) in [6.45, 7) is 6.61. The van der Waals surface area contributed by atoms with Crippen molar-refractivity contribution in [3.05, 3.63) is 12.7 Å². The van der Waals surface area contributed by atoms with Crippen LogP contribution in [0.3, 0.4) is 0 Å². The van der Waals surface area contributed by atoms with Crippen LogP contribution in [0, 0.1) is 5.92 Å². The van der Waals surface area contributed by atoms with Gasteiger partial charge in [-0.05, 0) is 38.5 Å². The van der Waals surface area contributed by atoms with Gasteiger partial charge in [-0.2, -0.15) is 0 Å². The van der Waals surface area contributed by atoms with Crippen molar-refractivity contribution in [2.45, 2.75) is 44.8 Å². The van der Waals surface area contributed by atoms with Crippen LogP contribution in [0.25, 0.3) is 0 Å². The van der Waals surface area contributed by atoms with Crippen molar-refractivity contribution >= 4 is 0 Å². The average molecular weight is 198 g/mol. The minimum atomic E-state index is 0.389. The molecular weight excluding hydrogens is 176 g/mol. The van der Waals surface area contributed by atoms with Gasteiger partial charge in [0.25, 0.3) is 0 Å². The molecule has 0 spiro atoms. The van der Waals surface area contributed by atoms with E-state index in [1.54, 1.807) is 0 Å². The van der Waals surface area contributed by atoms with Crippen molar-refractivity contribution in [1.29, 1.82) is 0 Å². The quantitative estimate of drug-likeness (QED) is 0.371. The van der Waals surface area contributed by atoms with Crippen molar-refractivity contribution in [1.82, 2.24) is 5.43 Å². The van der Waals surface area contributed by atoms with Crippen molar-refractivity contribution in [3.63, 3.8) is 0 Å². The first-order valence-corrected chi connectivity index (χ1v) is 5.48. The third-order valence-electron chi connectivity index (χ3n) is 2.90. The van der Waals surface area contributed by atoms with Gasteiger partial charge in [0.1, 0.15) is 0 Å². The Morgan fingerprint density at radius 1 is 1.64 bits per heavy atom. The fourth-order valence-corrected chi connectivity index (χ4v) is 2.07. The van der Waals surface area contributed by atoms with Crippen LogP contribution < -0.4 is 11.3 Å². The molecule has 1 aliphatic carbocycles. The molecule has 0 amide bonds. The van der Waals surface area contributed by atoms with E-state index in [0.717, 1.165) is 25.4 Å². The Kier molecular flexibility index (Phi) is 5.15. The van der Waals surface area contributed by atoms with Crippen LogP contribution >= 0.6 is 0 Å². The number of nitrogens with one attached hydrogen (secondary N) is 1. The Labute approximate surface area is 86.7 Å². The lowest BCUT2D eigenvalue weighted by atomic mass is 9.78. The van der Waals surface area contributed by atoms with Crippen LogP contribution in [0.5, 0.6) is 0 Å². The van der Waals surface area contributed by atoms with Crippen molar-refractivity contribution < 1.29 is 4.74 Å². The van der Waals surface area contributed by atoms with Crippen LogP contribution in [-0.4, -0.2) is 18.8 Å². The minimum absolute atomic E-state index is 0.389. The van der Waals surface area contributed by atoms with Gasteiger partial charge in [0.2, 0.25) is 0 Å². The van der Waals surface area contributed by atoms with Gasteiger partial charge in [0.15, 0.2) is 0 Å². The first-order chi connectivity index (χ1) is 6.80. The predicted octanol–water partition coefficient (Wildman–Crippen LogP) is 1.60. The zero-order valence-electron chi connectivity index (χ0n) is 9.04. The van der Waals surface area contributed by atoms with Gasteiger partial charge in [0, 0.05) is 12.6 Å². The fourth-order valence-electron chi connectivity index (χ4n) is 2.07. The monoisotopic (exact) mass is 198 g/mol. The number of nitrogens with two attached hydrogens (primary N) is 1. The Morgan fingerprint density at radius 2 is 2.36 bits per heavy atom. The highest BCUT2D eigenvalue weighted by atomic mass is 16.5. The number of hydrogen-bond donors (Lipinski definition) is 2. The standard InChI is InChI=1S/C11H22N2O/c1-3-5-10(13-12)6-9-7-11(8-9)14-4-2/h3,9-11,13H,1,4-8,12H2,2H3. The first kappa shape index (κ1) is 11.7. The molecule has 3 heteroatoms. The molecule has 3 N–H and O–H groups in total. The second-order valence-electron chi connectivity index (χ2n) is 4.04. The topological polar surface area (TPSA) is 47.3 Å². The summed E-state index contributed by atoms with van der Waals surface area (Å²) in [5.41, 5.74) is 2.84. The van der Waals surface area contributed by atoms with E-state index in [9.17, 15) is 0 Å². The van der Waals surface area contributed by atoms with Gasteiger partial charge in [0.05, 0.1) is 6.10 Å². The van der Waals surface area contributed by atoms with Crippen LogP contribution in [-0.2, 0) is 4.74 Å². The van der Waals surface area contributed by atoms with E-state index in [0.29, 0.717) is 12.1 Å². The summed E-state index contributed by atoms with van der Waals surface area (Å²) in [4.78, 5) is 0. The molecule has 0 aliphatic heterocycles. The van der Waals surface area contributed by atoms with Gasteiger partial charge < -0.3 is 4.74 Å². The van der Waals surface area contributed by atoms with E-state index < -0.39 is 0 Å². The molecule has 1 saturated carbocycles. The third kappa shape index (κ3) is 3.40. The molecule has 0 bridgehead atoms. The Balaban J connectivity index is 2.11. The van der Waals surface area contributed by atoms with Crippen molar-refractivity contribution in [3.8, 4) is 0 Å². The van der Waals surface area contributed by atoms with E-state index in [1.165, 1.54) is 12.8 Å². The van der Waals surface area contributed by atoms with Crippen LogP contribution in [0.4, 0.5) is 0 Å². The van der Waals surface area contributed by atoms with E-state index in [4.69, 9.17) is 10.6 Å². The molecule has 0 aromatic carbocycles. The Morgan fingerprint density at radius 3 is 2.86 bits per heavy atom. The van der Waals surface area contributed by atoms with Crippen LogP contribution in [0.1, 0.15) is 32.6 Å². The molecule has 3 nitrogen and oxygen atoms in total. The molecule has 0 saturated heterocycles. The number of ether oxygens (including phenoxy) is 1. The highest BCUT2D eigenvalue weighted by molar-refractivity contribution is 4.86. The predicted molar refractivity (Wildman–Crippen MR) is 58.7 cm³/mol. The molecule has 1 fully saturated rings. The van der Waals surface area contributed by atoms with Crippen molar-refractivity contribution in [2.24, 2.45) is 11.8 Å². The SMILES string of the molecule is C=CCC(CC1CC(OCC)C1)NN. The maximum Gasteiger partial charge on any atom is 0.0580 e. The second-order valence-corrected chi connectivity index (χ2v) is 4.04. The third-order valence-corrected chi connectivity index (χ3v) is 2.90. The van der Waals surface area contributed by atoms with Gasteiger partial charge in [-0.1, -0.05) is 6.08 Å². The fraction of sp³-hybridized carbons (Fsp3) is 0.818. The highest BCUT2D eigenvalue weighted by Gasteiger charge is 2.30. The molecule has 0 radical (unpaired) electrons. The molecule has 1 unspecified atom stereocenters. The minimum Gasteiger partial charge on any atom is -0.378 e. The maximum absolute atomic E-state index is 5.51. The largest absolute Gasteiger partial charge is 0.378 e. The van der Waals surface area contributed by atoms with E-state index in [-0.39, 0.29) is 0 Å². The van der Waals surface area contributed by atoms with E-state index in [2.05, 4.69) is 18.9 Å². The lowest BCUT2D eigenvalue weighted by molar-refractivity contribution is -0.0289. The second kappa shape index (κ2) is 6.17. The lowest BCUT2D eigenvalue weighted by Gasteiger charge is -2.36. The van der Waals surface area contributed by atoms with Gasteiger partial charge in [-0.25, -0.2) is 0 Å². The van der Waals surface area contributed by atoms with Gasteiger partial charge in [-0.3, -0.25) is 11.3 Å². The molecule has 0 heterocycles. The molecule has 1 rings (SSSR count). The van der Waals surface area contributed by atoms with Gasteiger partial charge in [-0.15, -0.1) is 6.58 Å². The Hall–Kier alpha value is -0.380. The van der Waals surface area contributed by atoms with Crippen LogP contribution in [0.15, 0.2) is 12.7 Å². The summed E-state index contributed by atoms with van der Waals surface area (Å²) in [5, 5.41) is 0. The number of hydrazine groups is 1. The van der Waals surface area contributed by atoms with Gasteiger partial charge >= 0.3 is 0 Å². The summed E-state index contributed by atoms with van der Waals surface area (Å²) in [7, 11) is 0. The summed E-state index contributed by atoms with van der Waals surface area (Å²) in [5.74, 6) is 6.23. The van der Waals surface area contributed by atoms with Crippen molar-refractivity contribution in [2.75, 3.05) is 6.61 Å². The highest BCUT2D eigenvalue weighted by Crippen LogP contribution is 2.33. The molecule has 1 atom stereocenters. The summed E-state index contributed by atoms with van der Waals surface area (Å²) < 4.78 is 5.51. The summed E-state index contributed by atoms with van der Waals surface area (Å²) in [6.07, 6.45) is 6.92. The zero-order chi connectivity index (χ0) is 10.4. The Bertz CT molecular complexity index is 167. The molecule has 1 aliphatic rings. The lowest BCUT2D eigenvalue weighted by Crippen LogP contribution is -2.40. The zero-order valence-corrected chi connectivity index (χ0v) is 9.04. The molecule has 0 aromatic rings. The summed E-state index contributed by atoms with van der Waals surface area (Å²) >= 11 is 0. The van der Waals surface area contributed by atoms with Crippen LogP contribution in [0.2, 0.25) is 0 Å². The average Bonchev–Trinajstić information content (AvgIpc) is 2.13. The molecule has 14 heavy (non-hydrogen) atoms. The molecular formula is C11H22N2O. The van der Waals surface area contributed by atoms with E-state index >= 15 is 0 Å². The maximum atomic E-state index is 5.51.